The van der Waals surface area contributed by atoms with E-state index in [1.807, 2.05) is 36.4 Å². The molecule has 26 heavy (non-hydrogen) atoms. The molecule has 3 heteroatoms. The summed E-state index contributed by atoms with van der Waals surface area (Å²) < 4.78 is 6.50. The zero-order chi connectivity index (χ0) is 17.9. The van der Waals surface area contributed by atoms with Crippen molar-refractivity contribution in [1.82, 2.24) is 0 Å². The predicted octanol–water partition coefficient (Wildman–Crippen LogP) is 7.37. The summed E-state index contributed by atoms with van der Waals surface area (Å²) in [6, 6.07) is 26.6. The van der Waals surface area contributed by atoms with Crippen molar-refractivity contribution in [3.05, 3.63) is 106 Å². The highest BCUT2D eigenvalue weighted by Crippen LogP contribution is 2.47. The molecule has 1 aliphatic heterocycles. The fourth-order valence-electron chi connectivity index (χ4n) is 3.79. The minimum absolute atomic E-state index is 0.0519. The fraction of sp³-hybridized carbons (Fsp3) is 0.217. The molecule has 0 aliphatic carbocycles. The van der Waals surface area contributed by atoms with Crippen molar-refractivity contribution >= 4 is 23.2 Å². The Kier molecular flexibility index (Phi) is 5.31. The molecule has 0 N–H and O–H groups in total. The highest BCUT2D eigenvalue weighted by Gasteiger charge is 2.33. The number of hydrogen-bond acceptors (Lipinski definition) is 1. The summed E-state index contributed by atoms with van der Waals surface area (Å²) >= 11 is 12.9. The average Bonchev–Trinajstić information content (AvgIpc) is 2.69. The van der Waals surface area contributed by atoms with Crippen LogP contribution in [0.2, 0.25) is 10.0 Å². The van der Waals surface area contributed by atoms with Crippen molar-refractivity contribution < 1.29 is 4.74 Å². The first-order valence-corrected chi connectivity index (χ1v) is 9.67. The summed E-state index contributed by atoms with van der Waals surface area (Å²) in [5.74, 6) is 0.396. The van der Waals surface area contributed by atoms with Crippen molar-refractivity contribution in [3.63, 3.8) is 0 Å². The van der Waals surface area contributed by atoms with E-state index in [1.165, 1.54) is 5.56 Å². The van der Waals surface area contributed by atoms with Crippen LogP contribution in [0, 0.1) is 0 Å². The Balaban J connectivity index is 1.71. The summed E-state index contributed by atoms with van der Waals surface area (Å²) in [5, 5.41) is 1.51. The van der Waals surface area contributed by atoms with Crippen LogP contribution in [0.3, 0.4) is 0 Å². The summed E-state index contributed by atoms with van der Waals surface area (Å²) in [5.41, 5.74) is 3.43. The van der Waals surface area contributed by atoms with E-state index in [9.17, 15) is 0 Å². The van der Waals surface area contributed by atoms with E-state index >= 15 is 0 Å². The summed E-state index contributed by atoms with van der Waals surface area (Å²) in [4.78, 5) is 0. The molecule has 3 atom stereocenters. The first-order valence-electron chi connectivity index (χ1n) is 8.91. The van der Waals surface area contributed by atoms with Gasteiger partial charge in [0, 0.05) is 10.0 Å². The first-order chi connectivity index (χ1) is 12.7. The lowest BCUT2D eigenvalue weighted by Gasteiger charge is -2.37. The van der Waals surface area contributed by atoms with Crippen LogP contribution < -0.4 is 0 Å². The largest absolute Gasteiger partial charge is 0.365 e. The zero-order valence-electron chi connectivity index (χ0n) is 14.3. The molecular formula is C23H20Cl2O. The molecule has 0 bridgehead atoms. The molecule has 0 spiro atoms. The quantitative estimate of drug-likeness (QED) is 0.459. The van der Waals surface area contributed by atoms with Gasteiger partial charge in [0.15, 0.2) is 0 Å². The van der Waals surface area contributed by atoms with Crippen LogP contribution in [-0.2, 0) is 4.74 Å². The summed E-state index contributed by atoms with van der Waals surface area (Å²) in [6.45, 7) is 0. The molecule has 3 aromatic rings. The highest BCUT2D eigenvalue weighted by atomic mass is 35.5. The maximum Gasteiger partial charge on any atom is 0.0853 e. The number of ether oxygens (including phenoxy) is 1. The summed E-state index contributed by atoms with van der Waals surface area (Å²) in [7, 11) is 0. The lowest BCUT2D eigenvalue weighted by atomic mass is 9.82. The van der Waals surface area contributed by atoms with Crippen LogP contribution >= 0.6 is 23.2 Å². The van der Waals surface area contributed by atoms with Gasteiger partial charge >= 0.3 is 0 Å². The van der Waals surface area contributed by atoms with Crippen molar-refractivity contribution in [1.29, 1.82) is 0 Å². The summed E-state index contributed by atoms with van der Waals surface area (Å²) in [6.07, 6.45) is 1.72. The van der Waals surface area contributed by atoms with Crippen LogP contribution in [-0.4, -0.2) is 0 Å². The molecule has 3 aromatic carbocycles. The van der Waals surface area contributed by atoms with E-state index in [-0.39, 0.29) is 12.2 Å². The van der Waals surface area contributed by atoms with Crippen molar-refractivity contribution in [2.24, 2.45) is 0 Å². The Morgan fingerprint density at radius 2 is 1.08 bits per heavy atom. The third-order valence-electron chi connectivity index (χ3n) is 5.10. The standard InChI is InChI=1S/C23H20Cl2O/c24-20-12-6-4-10-18(20)22-14-17(16-8-2-1-3-9-16)15-23(26-22)19-11-5-7-13-21(19)25/h1-13,17,22-23H,14-15H2/t17?,22-,23+. The van der Waals surface area contributed by atoms with Crippen molar-refractivity contribution in [2.75, 3.05) is 0 Å². The maximum absolute atomic E-state index is 6.50. The van der Waals surface area contributed by atoms with Gasteiger partial charge in [-0.15, -0.1) is 0 Å². The Hall–Kier alpha value is -1.80. The van der Waals surface area contributed by atoms with Gasteiger partial charge in [-0.1, -0.05) is 89.9 Å². The number of benzene rings is 3. The lowest BCUT2D eigenvalue weighted by Crippen LogP contribution is -2.22. The SMILES string of the molecule is Clc1ccccc1[C@@H]1CC(c2ccccc2)C[C@H](c2ccccc2Cl)O1. The monoisotopic (exact) mass is 382 g/mol. The van der Waals surface area contributed by atoms with Crippen LogP contribution in [0.15, 0.2) is 78.9 Å². The molecular weight excluding hydrogens is 363 g/mol. The number of hydrogen-bond donors (Lipinski definition) is 0. The van der Waals surface area contributed by atoms with Crippen molar-refractivity contribution in [2.45, 2.75) is 31.0 Å². The smallest absolute Gasteiger partial charge is 0.0853 e. The van der Waals surface area contributed by atoms with Gasteiger partial charge in [0.1, 0.15) is 0 Å². The fourth-order valence-corrected chi connectivity index (χ4v) is 4.31. The number of rotatable bonds is 3. The second-order valence-electron chi connectivity index (χ2n) is 6.74. The minimum Gasteiger partial charge on any atom is -0.365 e. The molecule has 132 valence electrons. The molecule has 0 aromatic heterocycles. The van der Waals surface area contributed by atoms with E-state index in [0.717, 1.165) is 34.0 Å². The lowest BCUT2D eigenvalue weighted by molar-refractivity contribution is -0.0618. The average molecular weight is 383 g/mol. The van der Waals surface area contributed by atoms with Crippen LogP contribution in [0.5, 0.6) is 0 Å². The Morgan fingerprint density at radius 1 is 0.615 bits per heavy atom. The Bertz CT molecular complexity index is 825. The van der Waals surface area contributed by atoms with E-state index < -0.39 is 0 Å². The second-order valence-corrected chi connectivity index (χ2v) is 7.55. The predicted molar refractivity (Wildman–Crippen MR) is 108 cm³/mol. The third-order valence-corrected chi connectivity index (χ3v) is 5.79. The van der Waals surface area contributed by atoms with Crippen LogP contribution in [0.25, 0.3) is 0 Å². The Morgan fingerprint density at radius 3 is 1.58 bits per heavy atom. The van der Waals surface area contributed by atoms with Gasteiger partial charge in [-0.25, -0.2) is 0 Å². The normalized spacial score (nSPS) is 22.9. The van der Waals surface area contributed by atoms with Crippen LogP contribution in [0.1, 0.15) is 47.7 Å². The van der Waals surface area contributed by atoms with Crippen LogP contribution in [0.4, 0.5) is 0 Å². The van der Waals surface area contributed by atoms with Gasteiger partial charge in [-0.2, -0.15) is 0 Å². The minimum atomic E-state index is -0.0519. The van der Waals surface area contributed by atoms with Gasteiger partial charge in [0.05, 0.1) is 12.2 Å². The molecule has 0 amide bonds. The molecule has 1 nitrogen and oxygen atoms in total. The van der Waals surface area contributed by atoms with Gasteiger partial charge in [-0.05, 0) is 47.6 Å². The topological polar surface area (TPSA) is 9.23 Å². The molecule has 1 unspecified atom stereocenters. The molecule has 0 saturated carbocycles. The first kappa shape index (κ1) is 17.6. The highest BCUT2D eigenvalue weighted by molar-refractivity contribution is 6.31. The van der Waals surface area contributed by atoms with Gasteiger partial charge in [0.25, 0.3) is 0 Å². The molecule has 0 radical (unpaired) electrons. The van der Waals surface area contributed by atoms with E-state index in [2.05, 4.69) is 42.5 Å². The molecule has 1 heterocycles. The molecule has 1 saturated heterocycles. The molecule has 1 fully saturated rings. The second kappa shape index (κ2) is 7.84. The maximum atomic E-state index is 6.50. The zero-order valence-corrected chi connectivity index (χ0v) is 15.8. The Labute approximate surface area is 164 Å². The van der Waals surface area contributed by atoms with Gasteiger partial charge < -0.3 is 4.74 Å². The van der Waals surface area contributed by atoms with E-state index in [4.69, 9.17) is 27.9 Å². The van der Waals surface area contributed by atoms with E-state index in [0.29, 0.717) is 5.92 Å². The molecule has 1 aliphatic rings. The van der Waals surface area contributed by atoms with Gasteiger partial charge in [0.2, 0.25) is 0 Å². The van der Waals surface area contributed by atoms with Crippen molar-refractivity contribution in [3.8, 4) is 0 Å². The third kappa shape index (κ3) is 3.66. The van der Waals surface area contributed by atoms with Gasteiger partial charge in [-0.3, -0.25) is 0 Å². The molecule has 4 rings (SSSR count). The number of halogens is 2. The van der Waals surface area contributed by atoms with E-state index in [1.54, 1.807) is 0 Å².